The summed E-state index contributed by atoms with van der Waals surface area (Å²) in [5, 5.41) is 0. The molecule has 0 radical (unpaired) electrons. The summed E-state index contributed by atoms with van der Waals surface area (Å²) in [4.78, 5) is 11.2. The summed E-state index contributed by atoms with van der Waals surface area (Å²) in [7, 11) is 2.87. The maximum absolute atomic E-state index is 11.2. The molecule has 0 saturated carbocycles. The van der Waals surface area contributed by atoms with Crippen LogP contribution in [0.2, 0.25) is 0 Å². The monoisotopic (exact) mass is 313 g/mol. The lowest BCUT2D eigenvalue weighted by molar-refractivity contribution is -0.134. The second-order valence-corrected chi connectivity index (χ2v) is 4.76. The first kappa shape index (κ1) is 16.4. The van der Waals surface area contributed by atoms with Crippen LogP contribution < -0.4 is 15.2 Å². The molecule has 0 amide bonds. The molecular weight excluding hydrogens is 294 g/mol. The Balaban J connectivity index is 2.19. The first-order chi connectivity index (χ1) is 11.1. The first-order valence-electron chi connectivity index (χ1n) is 7.04. The number of ether oxygens (including phenoxy) is 3. The Kier molecular flexibility index (Phi) is 5.63. The number of hydrogen-bond donors (Lipinski definition) is 1. The number of methoxy groups -OCH3 is 2. The third kappa shape index (κ3) is 4.51. The Hall–Kier alpha value is -2.95. The first-order valence-corrected chi connectivity index (χ1v) is 7.04. The Morgan fingerprint density at radius 1 is 1.13 bits per heavy atom. The summed E-state index contributed by atoms with van der Waals surface area (Å²) < 4.78 is 15.7. The lowest BCUT2D eigenvalue weighted by atomic mass is 10.1. The topological polar surface area (TPSA) is 70.8 Å². The van der Waals surface area contributed by atoms with Gasteiger partial charge in [0.25, 0.3) is 0 Å². The summed E-state index contributed by atoms with van der Waals surface area (Å²) in [6.07, 6.45) is 2.88. The van der Waals surface area contributed by atoms with E-state index in [1.807, 2.05) is 30.3 Å². The molecule has 0 spiro atoms. The highest BCUT2D eigenvalue weighted by Crippen LogP contribution is 2.33. The van der Waals surface area contributed by atoms with Crippen molar-refractivity contribution in [3.63, 3.8) is 0 Å². The van der Waals surface area contributed by atoms with Crippen molar-refractivity contribution in [2.45, 2.75) is 6.61 Å². The average molecular weight is 313 g/mol. The predicted octanol–water partition coefficient (Wildman–Crippen LogP) is 3.04. The van der Waals surface area contributed by atoms with Gasteiger partial charge in [0, 0.05) is 23.4 Å². The molecule has 0 atom stereocenters. The molecule has 5 nitrogen and oxygen atoms in total. The van der Waals surface area contributed by atoms with Crippen LogP contribution in [0.4, 0.5) is 5.69 Å². The van der Waals surface area contributed by atoms with Gasteiger partial charge >= 0.3 is 5.97 Å². The summed E-state index contributed by atoms with van der Waals surface area (Å²) in [5.41, 5.74) is 8.18. The predicted molar refractivity (Wildman–Crippen MR) is 89.2 cm³/mol. The smallest absolute Gasteiger partial charge is 0.330 e. The molecule has 5 heteroatoms. The fourth-order valence-corrected chi connectivity index (χ4v) is 1.97. The Morgan fingerprint density at radius 2 is 1.87 bits per heavy atom. The van der Waals surface area contributed by atoms with Gasteiger partial charge in [-0.3, -0.25) is 0 Å². The number of benzene rings is 2. The zero-order valence-electron chi connectivity index (χ0n) is 13.1. The second kappa shape index (κ2) is 7.89. The van der Waals surface area contributed by atoms with Crippen molar-refractivity contribution in [1.29, 1.82) is 0 Å². The van der Waals surface area contributed by atoms with Gasteiger partial charge in [-0.05, 0) is 17.7 Å². The van der Waals surface area contributed by atoms with Crippen LogP contribution in [-0.2, 0) is 16.1 Å². The molecular formula is C18H19NO4. The zero-order chi connectivity index (χ0) is 16.7. The van der Waals surface area contributed by atoms with Gasteiger partial charge in [-0.15, -0.1) is 0 Å². The minimum absolute atomic E-state index is 0.411. The zero-order valence-corrected chi connectivity index (χ0v) is 13.1. The Morgan fingerprint density at radius 3 is 2.52 bits per heavy atom. The van der Waals surface area contributed by atoms with Crippen molar-refractivity contribution in [3.05, 3.63) is 59.7 Å². The molecule has 2 aromatic carbocycles. The molecule has 0 fully saturated rings. The third-order valence-corrected chi connectivity index (χ3v) is 3.21. The fourth-order valence-electron chi connectivity index (χ4n) is 1.97. The maximum Gasteiger partial charge on any atom is 0.330 e. The number of hydrogen-bond acceptors (Lipinski definition) is 5. The van der Waals surface area contributed by atoms with Crippen molar-refractivity contribution in [3.8, 4) is 11.5 Å². The highest BCUT2D eigenvalue weighted by Gasteiger charge is 2.09. The number of anilines is 1. The standard InChI is InChI=1S/C18H19NO4/c1-21-16-10-14(8-9-18(20)22-2)15(19)11-17(16)23-12-13-6-4-3-5-7-13/h3-11H,12,19H2,1-2H3/b9-8+. The van der Waals surface area contributed by atoms with Crippen LogP contribution in [0.5, 0.6) is 11.5 Å². The quantitative estimate of drug-likeness (QED) is 0.504. The Bertz CT molecular complexity index is 696. The largest absolute Gasteiger partial charge is 0.493 e. The molecule has 0 aliphatic carbocycles. The lowest BCUT2D eigenvalue weighted by Gasteiger charge is -2.13. The van der Waals surface area contributed by atoms with Gasteiger partial charge in [0.15, 0.2) is 11.5 Å². The van der Waals surface area contributed by atoms with Crippen LogP contribution >= 0.6 is 0 Å². The SMILES string of the molecule is COC(=O)/C=C/c1cc(OC)c(OCc2ccccc2)cc1N. The van der Waals surface area contributed by atoms with Crippen LogP contribution in [0, 0.1) is 0 Å². The molecule has 0 saturated heterocycles. The molecule has 2 aromatic rings. The third-order valence-electron chi connectivity index (χ3n) is 3.21. The molecule has 0 aromatic heterocycles. The average Bonchev–Trinajstić information content (AvgIpc) is 2.59. The summed E-state index contributed by atoms with van der Waals surface area (Å²) in [6.45, 7) is 0.411. The molecule has 0 aliphatic heterocycles. The van der Waals surface area contributed by atoms with Crippen molar-refractivity contribution < 1.29 is 19.0 Å². The fraction of sp³-hybridized carbons (Fsp3) is 0.167. The molecule has 0 unspecified atom stereocenters. The number of carbonyl (C=O) groups is 1. The molecule has 120 valence electrons. The molecule has 0 heterocycles. The second-order valence-electron chi connectivity index (χ2n) is 4.76. The number of nitrogen functional groups attached to an aromatic ring is 1. The normalized spacial score (nSPS) is 10.5. The molecule has 23 heavy (non-hydrogen) atoms. The van der Waals surface area contributed by atoms with Crippen molar-refractivity contribution in [1.82, 2.24) is 0 Å². The maximum atomic E-state index is 11.2. The van der Waals surface area contributed by atoms with Crippen molar-refractivity contribution in [2.24, 2.45) is 0 Å². The molecule has 0 aliphatic rings. The van der Waals surface area contributed by atoms with Crippen LogP contribution in [-0.4, -0.2) is 20.2 Å². The van der Waals surface area contributed by atoms with Gasteiger partial charge < -0.3 is 19.9 Å². The minimum Gasteiger partial charge on any atom is -0.493 e. The number of rotatable bonds is 6. The van der Waals surface area contributed by atoms with Crippen LogP contribution in [0.15, 0.2) is 48.5 Å². The van der Waals surface area contributed by atoms with E-state index in [4.69, 9.17) is 15.2 Å². The van der Waals surface area contributed by atoms with E-state index in [1.54, 1.807) is 25.3 Å². The van der Waals surface area contributed by atoms with E-state index in [0.717, 1.165) is 5.56 Å². The summed E-state index contributed by atoms with van der Waals surface area (Å²) >= 11 is 0. The van der Waals surface area contributed by atoms with Crippen molar-refractivity contribution >= 4 is 17.7 Å². The van der Waals surface area contributed by atoms with E-state index in [0.29, 0.717) is 29.4 Å². The summed E-state index contributed by atoms with van der Waals surface area (Å²) in [5.74, 6) is 0.636. The van der Waals surface area contributed by atoms with Gasteiger partial charge in [-0.1, -0.05) is 30.3 Å². The number of esters is 1. The number of nitrogens with two attached hydrogens (primary N) is 1. The van der Waals surface area contributed by atoms with E-state index in [2.05, 4.69) is 4.74 Å². The van der Waals surface area contributed by atoms with Crippen LogP contribution in [0.3, 0.4) is 0 Å². The lowest BCUT2D eigenvalue weighted by Crippen LogP contribution is -2.00. The van der Waals surface area contributed by atoms with Gasteiger partial charge in [0.1, 0.15) is 6.61 Å². The van der Waals surface area contributed by atoms with Gasteiger partial charge in [-0.2, -0.15) is 0 Å². The molecule has 2 N–H and O–H groups in total. The highest BCUT2D eigenvalue weighted by atomic mass is 16.5. The van der Waals surface area contributed by atoms with Crippen LogP contribution in [0.25, 0.3) is 6.08 Å². The van der Waals surface area contributed by atoms with E-state index in [1.165, 1.54) is 13.2 Å². The summed E-state index contributed by atoms with van der Waals surface area (Å²) in [6, 6.07) is 13.2. The van der Waals surface area contributed by atoms with Crippen LogP contribution in [0.1, 0.15) is 11.1 Å². The van der Waals surface area contributed by atoms with E-state index in [-0.39, 0.29) is 0 Å². The van der Waals surface area contributed by atoms with E-state index in [9.17, 15) is 4.79 Å². The van der Waals surface area contributed by atoms with Gasteiger partial charge in [-0.25, -0.2) is 4.79 Å². The van der Waals surface area contributed by atoms with Crippen molar-refractivity contribution in [2.75, 3.05) is 20.0 Å². The van der Waals surface area contributed by atoms with Gasteiger partial charge in [0.05, 0.1) is 14.2 Å². The van der Waals surface area contributed by atoms with E-state index >= 15 is 0 Å². The number of carbonyl (C=O) groups excluding carboxylic acids is 1. The van der Waals surface area contributed by atoms with E-state index < -0.39 is 5.97 Å². The molecule has 2 rings (SSSR count). The minimum atomic E-state index is -0.451. The Labute approximate surface area is 135 Å². The van der Waals surface area contributed by atoms with Gasteiger partial charge in [0.2, 0.25) is 0 Å². The highest BCUT2D eigenvalue weighted by molar-refractivity contribution is 5.88. The molecule has 0 bridgehead atoms.